The zero-order valence-corrected chi connectivity index (χ0v) is 13.6. The maximum atomic E-state index is 12.1. The van der Waals surface area contributed by atoms with Crippen LogP contribution in [0.1, 0.15) is 12.8 Å². The number of methoxy groups -OCH3 is 1. The van der Waals surface area contributed by atoms with E-state index in [-0.39, 0.29) is 11.8 Å². The van der Waals surface area contributed by atoms with Crippen molar-refractivity contribution in [2.75, 3.05) is 38.3 Å². The molecule has 1 fully saturated rings. The van der Waals surface area contributed by atoms with Crippen LogP contribution in [-0.2, 0) is 9.53 Å². The van der Waals surface area contributed by atoms with E-state index in [0.717, 1.165) is 36.6 Å². The van der Waals surface area contributed by atoms with Gasteiger partial charge in [0.25, 0.3) is 0 Å². The zero-order chi connectivity index (χ0) is 15.4. The number of hydrogen-bond donors (Lipinski definition) is 1. The SMILES string of the molecule is COCCNC(=O)C1CCN(c2nc3ccccc3s2)CC1. The first-order valence-corrected chi connectivity index (χ1v) is 8.47. The van der Waals surface area contributed by atoms with E-state index in [9.17, 15) is 4.79 Å². The molecule has 0 aliphatic carbocycles. The number of thiazole rings is 1. The third kappa shape index (κ3) is 3.39. The molecule has 1 amide bonds. The van der Waals surface area contributed by atoms with Crippen LogP contribution in [0.2, 0.25) is 0 Å². The smallest absolute Gasteiger partial charge is 0.223 e. The second kappa shape index (κ2) is 7.07. The normalized spacial score (nSPS) is 16.1. The molecule has 6 heteroatoms. The molecule has 1 saturated heterocycles. The fourth-order valence-electron chi connectivity index (χ4n) is 2.75. The van der Waals surface area contributed by atoms with E-state index < -0.39 is 0 Å². The van der Waals surface area contributed by atoms with Crippen LogP contribution in [0.15, 0.2) is 24.3 Å². The van der Waals surface area contributed by atoms with Crippen LogP contribution in [0.3, 0.4) is 0 Å². The number of carbonyl (C=O) groups is 1. The predicted molar refractivity (Wildman–Crippen MR) is 89.4 cm³/mol. The second-order valence-corrected chi connectivity index (χ2v) is 6.52. The minimum atomic E-state index is 0.113. The van der Waals surface area contributed by atoms with Gasteiger partial charge in [0.2, 0.25) is 5.91 Å². The van der Waals surface area contributed by atoms with Crippen molar-refractivity contribution in [3.63, 3.8) is 0 Å². The molecule has 0 radical (unpaired) electrons. The van der Waals surface area contributed by atoms with Gasteiger partial charge in [-0.1, -0.05) is 23.5 Å². The lowest BCUT2D eigenvalue weighted by Crippen LogP contribution is -2.41. The van der Waals surface area contributed by atoms with Crippen molar-refractivity contribution in [3.05, 3.63) is 24.3 Å². The Morgan fingerprint density at radius 2 is 2.18 bits per heavy atom. The molecule has 0 bridgehead atoms. The van der Waals surface area contributed by atoms with Gasteiger partial charge in [-0.3, -0.25) is 4.79 Å². The summed E-state index contributed by atoms with van der Waals surface area (Å²) in [6.45, 7) is 2.94. The number of para-hydroxylation sites is 1. The summed E-state index contributed by atoms with van der Waals surface area (Å²) in [7, 11) is 1.64. The Kier molecular flexibility index (Phi) is 4.90. The largest absolute Gasteiger partial charge is 0.383 e. The van der Waals surface area contributed by atoms with Crippen LogP contribution in [0.4, 0.5) is 5.13 Å². The number of nitrogens with zero attached hydrogens (tertiary/aromatic N) is 2. The summed E-state index contributed by atoms with van der Waals surface area (Å²) >= 11 is 1.73. The third-order valence-corrected chi connectivity index (χ3v) is 5.12. The molecule has 2 aromatic rings. The van der Waals surface area contributed by atoms with Gasteiger partial charge in [0.05, 0.1) is 16.8 Å². The molecule has 0 spiro atoms. The fourth-order valence-corrected chi connectivity index (χ4v) is 3.77. The standard InChI is InChI=1S/C16H21N3O2S/c1-21-11-8-17-15(20)12-6-9-19(10-7-12)16-18-13-4-2-3-5-14(13)22-16/h2-5,12H,6-11H2,1H3,(H,17,20). The number of amides is 1. The summed E-state index contributed by atoms with van der Waals surface area (Å²) in [6.07, 6.45) is 1.77. The Morgan fingerprint density at radius 1 is 1.41 bits per heavy atom. The van der Waals surface area contributed by atoms with Crippen molar-refractivity contribution >= 4 is 32.6 Å². The van der Waals surface area contributed by atoms with Gasteiger partial charge < -0.3 is 15.0 Å². The number of rotatable bonds is 5. The first-order valence-electron chi connectivity index (χ1n) is 7.65. The highest BCUT2D eigenvalue weighted by Crippen LogP contribution is 2.31. The highest BCUT2D eigenvalue weighted by molar-refractivity contribution is 7.22. The number of nitrogens with one attached hydrogen (secondary N) is 1. The number of fused-ring (bicyclic) bond motifs is 1. The molecule has 118 valence electrons. The Labute approximate surface area is 134 Å². The highest BCUT2D eigenvalue weighted by Gasteiger charge is 2.26. The Balaban J connectivity index is 1.56. The maximum Gasteiger partial charge on any atom is 0.223 e. The van der Waals surface area contributed by atoms with E-state index >= 15 is 0 Å². The lowest BCUT2D eigenvalue weighted by atomic mass is 9.96. The molecule has 3 rings (SSSR count). The van der Waals surface area contributed by atoms with Crippen molar-refractivity contribution in [3.8, 4) is 0 Å². The van der Waals surface area contributed by atoms with E-state index in [0.29, 0.717) is 13.2 Å². The van der Waals surface area contributed by atoms with E-state index in [1.807, 2.05) is 18.2 Å². The number of hydrogen-bond acceptors (Lipinski definition) is 5. The molecule has 1 aliphatic heterocycles. The maximum absolute atomic E-state index is 12.1. The molecule has 1 aromatic heterocycles. The molecule has 1 N–H and O–H groups in total. The van der Waals surface area contributed by atoms with Gasteiger partial charge >= 0.3 is 0 Å². The number of benzene rings is 1. The average molecular weight is 319 g/mol. The number of aromatic nitrogens is 1. The molecule has 2 heterocycles. The van der Waals surface area contributed by atoms with Crippen molar-refractivity contribution < 1.29 is 9.53 Å². The van der Waals surface area contributed by atoms with Crippen LogP contribution < -0.4 is 10.2 Å². The minimum Gasteiger partial charge on any atom is -0.383 e. The quantitative estimate of drug-likeness (QED) is 0.859. The van der Waals surface area contributed by atoms with E-state index in [4.69, 9.17) is 9.72 Å². The van der Waals surface area contributed by atoms with Gasteiger partial charge in [0, 0.05) is 32.7 Å². The van der Waals surface area contributed by atoms with Crippen molar-refractivity contribution in [2.45, 2.75) is 12.8 Å². The molecular weight excluding hydrogens is 298 g/mol. The Hall–Kier alpha value is -1.66. The van der Waals surface area contributed by atoms with E-state index in [2.05, 4.69) is 16.3 Å². The van der Waals surface area contributed by atoms with Crippen molar-refractivity contribution in [1.82, 2.24) is 10.3 Å². The van der Waals surface area contributed by atoms with E-state index in [1.165, 1.54) is 4.70 Å². The van der Waals surface area contributed by atoms with Gasteiger partial charge in [0.1, 0.15) is 0 Å². The number of ether oxygens (including phenoxy) is 1. The monoisotopic (exact) mass is 319 g/mol. The van der Waals surface area contributed by atoms with Gasteiger partial charge in [-0.2, -0.15) is 0 Å². The van der Waals surface area contributed by atoms with Crippen LogP contribution in [-0.4, -0.2) is 44.2 Å². The minimum absolute atomic E-state index is 0.113. The topological polar surface area (TPSA) is 54.5 Å². The van der Waals surface area contributed by atoms with Gasteiger partial charge in [0.15, 0.2) is 5.13 Å². The van der Waals surface area contributed by atoms with Gasteiger partial charge in [-0.15, -0.1) is 0 Å². The Morgan fingerprint density at radius 3 is 2.91 bits per heavy atom. The average Bonchev–Trinajstić information content (AvgIpc) is 2.99. The van der Waals surface area contributed by atoms with Crippen LogP contribution >= 0.6 is 11.3 Å². The lowest BCUT2D eigenvalue weighted by Gasteiger charge is -2.31. The van der Waals surface area contributed by atoms with Crippen LogP contribution in [0, 0.1) is 5.92 Å². The number of piperidine rings is 1. The van der Waals surface area contributed by atoms with Crippen LogP contribution in [0.25, 0.3) is 10.2 Å². The van der Waals surface area contributed by atoms with Gasteiger partial charge in [-0.25, -0.2) is 4.98 Å². The molecule has 1 aromatic carbocycles. The predicted octanol–water partition coefficient (Wildman–Crippen LogP) is 2.28. The molecule has 22 heavy (non-hydrogen) atoms. The lowest BCUT2D eigenvalue weighted by molar-refractivity contribution is -0.125. The number of carbonyl (C=O) groups excluding carboxylic acids is 1. The fraction of sp³-hybridized carbons (Fsp3) is 0.500. The molecule has 5 nitrogen and oxygen atoms in total. The van der Waals surface area contributed by atoms with Crippen LogP contribution in [0.5, 0.6) is 0 Å². The third-order valence-electron chi connectivity index (χ3n) is 4.02. The summed E-state index contributed by atoms with van der Waals surface area (Å²) < 4.78 is 6.17. The number of anilines is 1. The molecule has 0 unspecified atom stereocenters. The van der Waals surface area contributed by atoms with Crippen molar-refractivity contribution in [2.24, 2.45) is 5.92 Å². The first kappa shape index (κ1) is 15.2. The molecule has 1 aliphatic rings. The second-order valence-electron chi connectivity index (χ2n) is 5.51. The zero-order valence-electron chi connectivity index (χ0n) is 12.7. The summed E-state index contributed by atoms with van der Waals surface area (Å²) in [4.78, 5) is 19.0. The van der Waals surface area contributed by atoms with Gasteiger partial charge in [-0.05, 0) is 25.0 Å². The van der Waals surface area contributed by atoms with Crippen molar-refractivity contribution in [1.29, 1.82) is 0 Å². The van der Waals surface area contributed by atoms with E-state index in [1.54, 1.807) is 18.4 Å². The Bertz CT molecular complexity index is 602. The first-order chi connectivity index (χ1) is 10.8. The summed E-state index contributed by atoms with van der Waals surface area (Å²) in [5.74, 6) is 0.267. The molecular formula is C16H21N3O2S. The molecule has 0 saturated carbocycles. The summed E-state index contributed by atoms with van der Waals surface area (Å²) in [5, 5.41) is 4.00. The highest BCUT2D eigenvalue weighted by atomic mass is 32.1. The molecule has 0 atom stereocenters. The summed E-state index contributed by atoms with van der Waals surface area (Å²) in [6, 6.07) is 8.21. The summed E-state index contributed by atoms with van der Waals surface area (Å²) in [5.41, 5.74) is 1.06.